The van der Waals surface area contributed by atoms with Crippen LogP contribution in [0.4, 0.5) is 4.79 Å². The summed E-state index contributed by atoms with van der Waals surface area (Å²) in [6.45, 7) is 0.412. The summed E-state index contributed by atoms with van der Waals surface area (Å²) in [6.07, 6.45) is 2.68. The van der Waals surface area contributed by atoms with Crippen molar-refractivity contribution in [1.82, 2.24) is 15.5 Å². The number of imide groups is 1. The highest BCUT2D eigenvalue weighted by molar-refractivity contribution is 5.97. The van der Waals surface area contributed by atoms with Crippen LogP contribution in [0.15, 0.2) is 0 Å². The molecule has 1 fully saturated rings. The molecule has 0 unspecified atom stereocenters. The van der Waals surface area contributed by atoms with Crippen LogP contribution in [0.5, 0.6) is 0 Å². The molecule has 4 amide bonds. The Bertz CT molecular complexity index is 267. The third-order valence-corrected chi connectivity index (χ3v) is 2.42. The fourth-order valence-corrected chi connectivity index (χ4v) is 1.61. The van der Waals surface area contributed by atoms with Gasteiger partial charge in [-0.25, -0.2) is 4.79 Å². The number of nitrogens with zero attached hydrogens (tertiary/aromatic N) is 1. The van der Waals surface area contributed by atoms with Crippen LogP contribution in [0.3, 0.4) is 0 Å². The zero-order valence-corrected chi connectivity index (χ0v) is 8.66. The van der Waals surface area contributed by atoms with Crippen LogP contribution in [0.25, 0.3) is 0 Å². The van der Waals surface area contributed by atoms with Crippen molar-refractivity contribution in [2.75, 3.05) is 13.6 Å². The van der Waals surface area contributed by atoms with Gasteiger partial charge in [0.25, 0.3) is 5.91 Å². The summed E-state index contributed by atoms with van der Waals surface area (Å²) in [5.41, 5.74) is 0. The van der Waals surface area contributed by atoms with Crippen molar-refractivity contribution in [3.8, 4) is 0 Å². The van der Waals surface area contributed by atoms with Gasteiger partial charge in [0.15, 0.2) is 0 Å². The minimum atomic E-state index is -0.567. The highest BCUT2D eigenvalue weighted by atomic mass is 16.2. The van der Waals surface area contributed by atoms with E-state index >= 15 is 0 Å². The molecule has 0 spiro atoms. The third-order valence-electron chi connectivity index (χ3n) is 2.42. The third kappa shape index (κ3) is 2.68. The predicted octanol–water partition coefficient (Wildman–Crippen LogP) is -0.547. The molecule has 0 saturated carbocycles. The average molecular weight is 213 g/mol. The Kier molecular flexibility index (Phi) is 4.08. The smallest absolute Gasteiger partial charge is 0.323 e. The first kappa shape index (κ1) is 11.5. The number of nitrogens with one attached hydrogen (secondary N) is 2. The zero-order valence-electron chi connectivity index (χ0n) is 8.66. The molecule has 15 heavy (non-hydrogen) atoms. The molecule has 0 radical (unpaired) electrons. The Morgan fingerprint density at radius 1 is 1.53 bits per heavy atom. The molecule has 2 N–H and O–H groups in total. The molecule has 1 aliphatic rings. The van der Waals surface area contributed by atoms with Gasteiger partial charge in [-0.15, -0.1) is 0 Å². The van der Waals surface area contributed by atoms with Crippen LogP contribution >= 0.6 is 0 Å². The van der Waals surface area contributed by atoms with Crippen LogP contribution in [0, 0.1) is 0 Å². The molecule has 0 bridgehead atoms. The molecule has 0 aliphatic carbocycles. The Balaban J connectivity index is 2.74. The van der Waals surface area contributed by atoms with Gasteiger partial charge < -0.3 is 10.6 Å². The monoisotopic (exact) mass is 213 g/mol. The number of hydrogen-bond acceptors (Lipinski definition) is 3. The lowest BCUT2D eigenvalue weighted by Crippen LogP contribution is -2.50. The molecule has 1 atom stereocenters. The molecule has 1 aliphatic heterocycles. The van der Waals surface area contributed by atoms with Gasteiger partial charge in [-0.3, -0.25) is 14.5 Å². The molecule has 0 aromatic heterocycles. The largest absolute Gasteiger partial charge is 0.347 e. The van der Waals surface area contributed by atoms with Gasteiger partial charge in [-0.1, -0.05) is 0 Å². The summed E-state index contributed by atoms with van der Waals surface area (Å²) in [6, 6.07) is -0.984. The highest BCUT2D eigenvalue weighted by Gasteiger charge is 2.29. The lowest BCUT2D eigenvalue weighted by Gasteiger charge is -2.21. The van der Waals surface area contributed by atoms with E-state index in [0.29, 0.717) is 19.4 Å². The minimum Gasteiger partial charge on any atom is -0.347 e. The molecule has 1 rings (SSSR count). The van der Waals surface area contributed by atoms with Gasteiger partial charge in [-0.05, 0) is 19.3 Å². The number of carbonyl (C=O) groups excluding carboxylic acids is 3. The first-order chi connectivity index (χ1) is 7.20. The fourth-order valence-electron chi connectivity index (χ4n) is 1.61. The summed E-state index contributed by atoms with van der Waals surface area (Å²) in [5.74, 6) is -0.334. The van der Waals surface area contributed by atoms with Crippen LogP contribution in [-0.2, 0) is 9.59 Å². The maximum atomic E-state index is 11.8. The first-order valence-electron chi connectivity index (χ1n) is 4.93. The molecular formula is C9H15N3O3. The molecule has 0 aromatic carbocycles. The van der Waals surface area contributed by atoms with E-state index in [1.54, 1.807) is 0 Å². The quantitative estimate of drug-likeness (QED) is 0.604. The van der Waals surface area contributed by atoms with Crippen molar-refractivity contribution >= 4 is 18.3 Å². The van der Waals surface area contributed by atoms with E-state index < -0.39 is 12.1 Å². The Hall–Kier alpha value is -1.59. The van der Waals surface area contributed by atoms with Gasteiger partial charge in [-0.2, -0.15) is 0 Å². The van der Waals surface area contributed by atoms with Gasteiger partial charge >= 0.3 is 6.03 Å². The average Bonchev–Trinajstić information content (AvgIpc) is 2.42. The molecule has 6 heteroatoms. The van der Waals surface area contributed by atoms with E-state index in [4.69, 9.17) is 0 Å². The molecule has 1 saturated heterocycles. The van der Waals surface area contributed by atoms with Crippen LogP contribution in [0.1, 0.15) is 19.3 Å². The van der Waals surface area contributed by atoms with Crippen molar-refractivity contribution < 1.29 is 14.4 Å². The van der Waals surface area contributed by atoms with E-state index in [9.17, 15) is 14.4 Å². The van der Waals surface area contributed by atoms with Gasteiger partial charge in [0.2, 0.25) is 6.41 Å². The topological polar surface area (TPSA) is 78.5 Å². The lowest BCUT2D eigenvalue weighted by molar-refractivity contribution is -0.131. The highest BCUT2D eigenvalue weighted by Crippen LogP contribution is 2.11. The number of likely N-dealkylation sites (tertiary alicyclic amines) is 1. The van der Waals surface area contributed by atoms with E-state index in [1.807, 2.05) is 0 Å². The van der Waals surface area contributed by atoms with Crippen LogP contribution in [-0.4, -0.2) is 42.9 Å². The van der Waals surface area contributed by atoms with Crippen molar-refractivity contribution in [2.45, 2.75) is 25.3 Å². The standard InChI is InChI=1S/C9H15N3O3/c1-10-9(15)12-5-3-2-4-7(8(12)14)11-6-13/h6-7H,2-5H2,1H3,(H,10,15)(H,11,13)/t7-/m0/s1. The normalized spacial score (nSPS) is 21.8. The zero-order chi connectivity index (χ0) is 11.3. The Morgan fingerprint density at radius 2 is 2.27 bits per heavy atom. The number of carbonyl (C=O) groups is 3. The summed E-state index contributed by atoms with van der Waals surface area (Å²) in [5, 5.41) is 4.84. The van der Waals surface area contributed by atoms with E-state index in [-0.39, 0.29) is 5.91 Å². The number of amides is 4. The predicted molar refractivity (Wildman–Crippen MR) is 53.0 cm³/mol. The summed E-state index contributed by atoms with van der Waals surface area (Å²) >= 11 is 0. The second-order valence-electron chi connectivity index (χ2n) is 3.38. The first-order valence-corrected chi connectivity index (χ1v) is 4.93. The van der Waals surface area contributed by atoms with Crippen molar-refractivity contribution in [2.24, 2.45) is 0 Å². The Labute approximate surface area is 88.0 Å². The maximum Gasteiger partial charge on any atom is 0.323 e. The molecular weight excluding hydrogens is 198 g/mol. The van der Waals surface area contributed by atoms with Gasteiger partial charge in [0, 0.05) is 13.6 Å². The number of urea groups is 1. The summed E-state index contributed by atoms with van der Waals surface area (Å²) in [4.78, 5) is 34.6. The van der Waals surface area contributed by atoms with E-state index in [1.165, 1.54) is 7.05 Å². The van der Waals surface area contributed by atoms with Crippen molar-refractivity contribution in [1.29, 1.82) is 0 Å². The Morgan fingerprint density at radius 3 is 2.87 bits per heavy atom. The second-order valence-corrected chi connectivity index (χ2v) is 3.38. The second kappa shape index (κ2) is 5.33. The summed E-state index contributed by atoms with van der Waals surface area (Å²) in [7, 11) is 1.47. The maximum absolute atomic E-state index is 11.8. The molecule has 1 heterocycles. The van der Waals surface area contributed by atoms with Crippen molar-refractivity contribution in [3.63, 3.8) is 0 Å². The molecule has 6 nitrogen and oxygen atoms in total. The van der Waals surface area contributed by atoms with Gasteiger partial charge in [0.1, 0.15) is 6.04 Å². The van der Waals surface area contributed by atoms with Crippen LogP contribution < -0.4 is 10.6 Å². The van der Waals surface area contributed by atoms with E-state index in [0.717, 1.165) is 17.7 Å². The number of rotatable bonds is 2. The fraction of sp³-hybridized carbons (Fsp3) is 0.667. The SMILES string of the molecule is CNC(=O)N1CCCC[C@H](NC=O)C1=O. The van der Waals surface area contributed by atoms with Crippen molar-refractivity contribution in [3.05, 3.63) is 0 Å². The minimum absolute atomic E-state index is 0.334. The van der Waals surface area contributed by atoms with E-state index in [2.05, 4.69) is 10.6 Å². The molecule has 0 aromatic rings. The van der Waals surface area contributed by atoms with Gasteiger partial charge in [0.05, 0.1) is 0 Å². The molecule has 84 valence electrons. The van der Waals surface area contributed by atoms with Crippen LogP contribution in [0.2, 0.25) is 0 Å². The number of hydrogen-bond donors (Lipinski definition) is 2. The summed E-state index contributed by atoms with van der Waals surface area (Å²) < 4.78 is 0. The lowest BCUT2D eigenvalue weighted by atomic mass is 10.1.